The third-order valence-electron chi connectivity index (χ3n) is 3.19. The van der Waals surface area contributed by atoms with Gasteiger partial charge < -0.3 is 5.11 Å². The molecule has 2 aromatic rings. The number of aryl methyl sites for hydroxylation is 2. The van der Waals surface area contributed by atoms with E-state index in [0.717, 1.165) is 23.9 Å². The van der Waals surface area contributed by atoms with Crippen LogP contribution in [0.2, 0.25) is 0 Å². The van der Waals surface area contributed by atoms with Crippen LogP contribution in [0.4, 0.5) is 4.39 Å². The molecule has 1 aromatic carbocycles. The van der Waals surface area contributed by atoms with Crippen molar-refractivity contribution >= 4 is 12.0 Å². The monoisotopic (exact) mass is 288 g/mol. The lowest BCUT2D eigenvalue weighted by Crippen LogP contribution is -2.06. The average molecular weight is 288 g/mol. The number of hydrogen-bond acceptors (Lipinski definition) is 2. The molecular weight excluding hydrogens is 271 g/mol. The summed E-state index contributed by atoms with van der Waals surface area (Å²) >= 11 is 0. The second-order valence-corrected chi connectivity index (χ2v) is 4.60. The maximum atomic E-state index is 14.2. The second-order valence-electron chi connectivity index (χ2n) is 4.60. The van der Waals surface area contributed by atoms with Gasteiger partial charge in [-0.15, -0.1) is 0 Å². The van der Waals surface area contributed by atoms with Crippen molar-refractivity contribution in [2.75, 3.05) is 0 Å². The van der Waals surface area contributed by atoms with Crippen LogP contribution in [0, 0.1) is 5.82 Å². The van der Waals surface area contributed by atoms with Crippen LogP contribution in [0.25, 0.3) is 11.8 Å². The van der Waals surface area contributed by atoms with Crippen molar-refractivity contribution in [3.8, 4) is 5.69 Å². The first-order valence-corrected chi connectivity index (χ1v) is 6.84. The molecule has 0 fully saturated rings. The average Bonchev–Trinajstić information content (AvgIpc) is 2.88. The Bertz CT molecular complexity index is 690. The fraction of sp³-hybridized carbons (Fsp3) is 0.250. The number of aliphatic carboxylic acids is 1. The Morgan fingerprint density at radius 3 is 2.76 bits per heavy atom. The second kappa shape index (κ2) is 6.35. The summed E-state index contributed by atoms with van der Waals surface area (Å²) in [7, 11) is 0. The number of hydrogen-bond donors (Lipinski definition) is 1. The van der Waals surface area contributed by atoms with Gasteiger partial charge in [-0.3, -0.25) is 0 Å². The Morgan fingerprint density at radius 1 is 1.38 bits per heavy atom. The first-order valence-electron chi connectivity index (χ1n) is 6.84. The van der Waals surface area contributed by atoms with E-state index in [-0.39, 0.29) is 5.69 Å². The number of carboxylic acids is 1. The summed E-state index contributed by atoms with van der Waals surface area (Å²) in [6.45, 7) is 3.96. The van der Waals surface area contributed by atoms with Gasteiger partial charge in [-0.1, -0.05) is 26.0 Å². The van der Waals surface area contributed by atoms with E-state index in [1.165, 1.54) is 12.1 Å². The number of carbonyl (C=O) groups is 1. The van der Waals surface area contributed by atoms with Crippen LogP contribution >= 0.6 is 0 Å². The predicted molar refractivity (Wildman–Crippen MR) is 78.9 cm³/mol. The minimum atomic E-state index is -1.07. The molecule has 1 heterocycles. The SMILES string of the molecule is CCc1cc(CC)n(-c2c(F)cccc2/C=C/C(=O)O)n1. The molecule has 0 aliphatic heterocycles. The van der Waals surface area contributed by atoms with E-state index in [2.05, 4.69) is 5.10 Å². The lowest BCUT2D eigenvalue weighted by Gasteiger charge is -2.10. The summed E-state index contributed by atoms with van der Waals surface area (Å²) < 4.78 is 15.8. The van der Waals surface area contributed by atoms with Gasteiger partial charge in [-0.05, 0) is 31.1 Å². The Hall–Kier alpha value is -2.43. The first-order chi connectivity index (χ1) is 10.1. The predicted octanol–water partition coefficient (Wildman–Crippen LogP) is 3.23. The smallest absolute Gasteiger partial charge is 0.328 e. The van der Waals surface area contributed by atoms with Crippen LogP contribution in [-0.2, 0) is 17.6 Å². The molecule has 0 spiro atoms. The third kappa shape index (κ3) is 3.18. The van der Waals surface area contributed by atoms with E-state index in [1.54, 1.807) is 16.8 Å². The number of rotatable bonds is 5. The van der Waals surface area contributed by atoms with E-state index in [1.807, 2.05) is 19.9 Å². The molecule has 1 N–H and O–H groups in total. The van der Waals surface area contributed by atoms with E-state index < -0.39 is 11.8 Å². The summed E-state index contributed by atoms with van der Waals surface area (Å²) in [5, 5.41) is 13.2. The van der Waals surface area contributed by atoms with Crippen molar-refractivity contribution in [1.82, 2.24) is 9.78 Å². The Balaban J connectivity index is 2.62. The van der Waals surface area contributed by atoms with E-state index in [4.69, 9.17) is 5.11 Å². The molecule has 0 saturated heterocycles. The van der Waals surface area contributed by atoms with Crippen LogP contribution in [0.15, 0.2) is 30.3 Å². The summed E-state index contributed by atoms with van der Waals surface area (Å²) in [6.07, 6.45) is 3.85. The molecule has 1 aromatic heterocycles. The molecule has 21 heavy (non-hydrogen) atoms. The molecule has 2 rings (SSSR count). The maximum Gasteiger partial charge on any atom is 0.328 e. The number of para-hydroxylation sites is 1. The van der Waals surface area contributed by atoms with Crippen LogP contribution in [0.5, 0.6) is 0 Å². The molecule has 110 valence electrons. The molecule has 0 aliphatic carbocycles. The standard InChI is InChI=1S/C16H17FN2O2/c1-3-12-10-13(4-2)19(18-12)16-11(8-9-15(20)21)6-5-7-14(16)17/h5-10H,3-4H2,1-2H3,(H,20,21)/b9-8+. The fourth-order valence-corrected chi connectivity index (χ4v) is 2.14. The minimum absolute atomic E-state index is 0.284. The van der Waals surface area contributed by atoms with Gasteiger partial charge in [-0.25, -0.2) is 13.9 Å². The zero-order valence-electron chi connectivity index (χ0n) is 12.0. The van der Waals surface area contributed by atoms with Crippen LogP contribution in [0.1, 0.15) is 30.8 Å². The van der Waals surface area contributed by atoms with Gasteiger partial charge in [0.15, 0.2) is 0 Å². The highest BCUT2D eigenvalue weighted by molar-refractivity contribution is 5.86. The van der Waals surface area contributed by atoms with Crippen molar-refractivity contribution in [2.45, 2.75) is 26.7 Å². The summed E-state index contributed by atoms with van der Waals surface area (Å²) in [4.78, 5) is 10.7. The van der Waals surface area contributed by atoms with Crippen LogP contribution in [-0.4, -0.2) is 20.9 Å². The normalized spacial score (nSPS) is 11.2. The van der Waals surface area contributed by atoms with Crippen molar-refractivity contribution in [3.63, 3.8) is 0 Å². The zero-order chi connectivity index (χ0) is 15.4. The lowest BCUT2D eigenvalue weighted by atomic mass is 10.1. The number of aromatic nitrogens is 2. The van der Waals surface area contributed by atoms with Gasteiger partial charge in [0.1, 0.15) is 11.5 Å². The molecule has 0 atom stereocenters. The molecule has 5 heteroatoms. The van der Waals surface area contributed by atoms with Gasteiger partial charge in [0.2, 0.25) is 0 Å². The molecule has 4 nitrogen and oxygen atoms in total. The van der Waals surface area contributed by atoms with Crippen molar-refractivity contribution < 1.29 is 14.3 Å². The quantitative estimate of drug-likeness (QED) is 0.859. The Kier molecular flexibility index (Phi) is 4.52. The topological polar surface area (TPSA) is 55.1 Å². The van der Waals surface area contributed by atoms with Gasteiger partial charge in [0.05, 0.1) is 5.69 Å². The number of halogens is 1. The Labute approximate surface area is 122 Å². The van der Waals surface area contributed by atoms with Gasteiger partial charge >= 0.3 is 5.97 Å². The summed E-state index contributed by atoms with van der Waals surface area (Å²) in [6, 6.07) is 6.51. The van der Waals surface area contributed by atoms with Gasteiger partial charge in [-0.2, -0.15) is 5.10 Å². The maximum absolute atomic E-state index is 14.2. The summed E-state index contributed by atoms with van der Waals surface area (Å²) in [5.41, 5.74) is 2.54. The van der Waals surface area contributed by atoms with Crippen molar-refractivity contribution in [3.05, 3.63) is 53.1 Å². The van der Waals surface area contributed by atoms with Crippen LogP contribution in [0.3, 0.4) is 0 Å². The lowest BCUT2D eigenvalue weighted by molar-refractivity contribution is -0.131. The largest absolute Gasteiger partial charge is 0.478 e. The highest BCUT2D eigenvalue weighted by Gasteiger charge is 2.14. The molecule has 0 saturated carbocycles. The van der Waals surface area contributed by atoms with E-state index in [9.17, 15) is 9.18 Å². The molecular formula is C16H17FN2O2. The van der Waals surface area contributed by atoms with Gasteiger partial charge in [0.25, 0.3) is 0 Å². The molecule has 0 unspecified atom stereocenters. The van der Waals surface area contributed by atoms with Crippen molar-refractivity contribution in [1.29, 1.82) is 0 Å². The number of carboxylic acid groups (broad SMARTS) is 1. The molecule has 0 amide bonds. The zero-order valence-corrected chi connectivity index (χ0v) is 12.0. The van der Waals surface area contributed by atoms with Crippen LogP contribution < -0.4 is 0 Å². The fourth-order valence-electron chi connectivity index (χ4n) is 2.14. The number of benzene rings is 1. The minimum Gasteiger partial charge on any atom is -0.478 e. The molecule has 0 bridgehead atoms. The highest BCUT2D eigenvalue weighted by Crippen LogP contribution is 2.22. The van der Waals surface area contributed by atoms with E-state index >= 15 is 0 Å². The Morgan fingerprint density at radius 2 is 2.14 bits per heavy atom. The highest BCUT2D eigenvalue weighted by atomic mass is 19.1. The number of nitrogens with zero attached hydrogens (tertiary/aromatic N) is 2. The molecule has 0 radical (unpaired) electrons. The first kappa shape index (κ1) is 15.0. The van der Waals surface area contributed by atoms with Crippen molar-refractivity contribution in [2.24, 2.45) is 0 Å². The molecule has 0 aliphatic rings. The third-order valence-corrected chi connectivity index (χ3v) is 3.19. The summed E-state index contributed by atoms with van der Waals surface area (Å²) in [5.74, 6) is -1.50. The van der Waals surface area contributed by atoms with Gasteiger partial charge in [0, 0.05) is 17.3 Å². The van der Waals surface area contributed by atoms with E-state index in [0.29, 0.717) is 12.0 Å².